The van der Waals surface area contributed by atoms with Gasteiger partial charge in [0.1, 0.15) is 0 Å². The predicted molar refractivity (Wildman–Crippen MR) is 83.1 cm³/mol. The Labute approximate surface area is 128 Å². The van der Waals surface area contributed by atoms with Crippen molar-refractivity contribution in [3.8, 4) is 0 Å². The third-order valence-electron chi connectivity index (χ3n) is 3.37. The van der Waals surface area contributed by atoms with Gasteiger partial charge < -0.3 is 15.1 Å². The highest BCUT2D eigenvalue weighted by molar-refractivity contribution is 5.90. The van der Waals surface area contributed by atoms with Crippen LogP contribution in [-0.4, -0.2) is 40.2 Å². The van der Waals surface area contributed by atoms with E-state index in [1.165, 1.54) is 0 Å². The number of pyridine rings is 1. The molecule has 0 atom stereocenters. The highest BCUT2D eigenvalue weighted by Gasteiger charge is 2.13. The number of anilines is 1. The number of carboxylic acid groups (broad SMARTS) is 2. The molecule has 116 valence electrons. The van der Waals surface area contributed by atoms with Gasteiger partial charge in [0.05, 0.1) is 17.6 Å². The van der Waals surface area contributed by atoms with Crippen molar-refractivity contribution in [1.29, 1.82) is 0 Å². The van der Waals surface area contributed by atoms with Gasteiger partial charge in [-0.05, 0) is 18.6 Å². The molecule has 0 bridgehead atoms. The number of nitrogens with zero attached hydrogens (tertiary/aromatic N) is 2. The van der Waals surface area contributed by atoms with Gasteiger partial charge in [-0.25, -0.2) is 0 Å². The van der Waals surface area contributed by atoms with Crippen LogP contribution in [-0.2, 0) is 9.59 Å². The van der Waals surface area contributed by atoms with Crippen LogP contribution in [0.25, 0.3) is 10.9 Å². The Morgan fingerprint density at radius 2 is 1.73 bits per heavy atom. The van der Waals surface area contributed by atoms with E-state index in [1.807, 2.05) is 35.2 Å². The van der Waals surface area contributed by atoms with E-state index in [-0.39, 0.29) is 12.8 Å². The summed E-state index contributed by atoms with van der Waals surface area (Å²) in [6, 6.07) is 9.51. The molecule has 0 saturated carbocycles. The molecule has 0 amide bonds. The van der Waals surface area contributed by atoms with E-state index >= 15 is 0 Å². The Bertz CT molecular complexity index is 667. The van der Waals surface area contributed by atoms with Crippen molar-refractivity contribution in [2.24, 2.45) is 0 Å². The van der Waals surface area contributed by atoms with Crippen molar-refractivity contribution in [3.05, 3.63) is 36.5 Å². The first-order chi connectivity index (χ1) is 10.6. The molecule has 0 saturated heterocycles. The third-order valence-corrected chi connectivity index (χ3v) is 3.37. The first-order valence-corrected chi connectivity index (χ1v) is 7.10. The summed E-state index contributed by atoms with van der Waals surface area (Å²) >= 11 is 0. The van der Waals surface area contributed by atoms with Crippen molar-refractivity contribution in [2.45, 2.75) is 19.3 Å². The second-order valence-electron chi connectivity index (χ2n) is 4.98. The SMILES string of the molecule is O=C(O)CCCN(CCC(=O)O)c1cccc2cccnc12. The Morgan fingerprint density at radius 1 is 1.00 bits per heavy atom. The monoisotopic (exact) mass is 302 g/mol. The van der Waals surface area contributed by atoms with E-state index in [0.717, 1.165) is 16.6 Å². The molecule has 6 nitrogen and oxygen atoms in total. The number of hydrogen-bond donors (Lipinski definition) is 2. The van der Waals surface area contributed by atoms with Gasteiger partial charge in [-0.2, -0.15) is 0 Å². The van der Waals surface area contributed by atoms with Gasteiger partial charge in [0, 0.05) is 31.1 Å². The molecule has 0 fully saturated rings. The number of para-hydroxylation sites is 1. The van der Waals surface area contributed by atoms with Crippen LogP contribution in [0.3, 0.4) is 0 Å². The molecule has 2 N–H and O–H groups in total. The third kappa shape index (κ3) is 4.18. The lowest BCUT2D eigenvalue weighted by Crippen LogP contribution is -2.28. The smallest absolute Gasteiger partial charge is 0.305 e. The lowest BCUT2D eigenvalue weighted by atomic mass is 10.1. The number of benzene rings is 1. The second kappa shape index (κ2) is 7.40. The molecule has 0 spiro atoms. The minimum Gasteiger partial charge on any atom is -0.481 e. The number of rotatable bonds is 8. The van der Waals surface area contributed by atoms with Crippen LogP contribution in [0.15, 0.2) is 36.5 Å². The summed E-state index contributed by atoms with van der Waals surface area (Å²) in [6.07, 6.45) is 2.20. The molecule has 1 aromatic carbocycles. The zero-order chi connectivity index (χ0) is 15.9. The normalized spacial score (nSPS) is 10.5. The van der Waals surface area contributed by atoms with Crippen LogP contribution in [0.1, 0.15) is 19.3 Å². The topological polar surface area (TPSA) is 90.7 Å². The Morgan fingerprint density at radius 3 is 2.45 bits per heavy atom. The number of hydrogen-bond acceptors (Lipinski definition) is 4. The molecule has 2 aromatic rings. The minimum absolute atomic E-state index is 0.00368. The highest BCUT2D eigenvalue weighted by atomic mass is 16.4. The van der Waals surface area contributed by atoms with Crippen LogP contribution in [0.4, 0.5) is 5.69 Å². The Hall–Kier alpha value is -2.63. The standard InChI is InChI=1S/C16H18N2O4/c19-14(20)7-3-10-18(11-8-15(21)22)13-6-1-4-12-5-2-9-17-16(12)13/h1-2,4-6,9H,3,7-8,10-11H2,(H,19,20)(H,21,22). The molecule has 0 unspecified atom stereocenters. The lowest BCUT2D eigenvalue weighted by molar-refractivity contribution is -0.138. The fraction of sp³-hybridized carbons (Fsp3) is 0.312. The van der Waals surface area contributed by atoms with E-state index in [9.17, 15) is 9.59 Å². The van der Waals surface area contributed by atoms with E-state index in [2.05, 4.69) is 4.98 Å². The molecule has 0 aliphatic heterocycles. The van der Waals surface area contributed by atoms with Crippen molar-refractivity contribution in [3.63, 3.8) is 0 Å². The number of fused-ring (bicyclic) bond motifs is 1. The number of aromatic nitrogens is 1. The van der Waals surface area contributed by atoms with E-state index in [0.29, 0.717) is 19.5 Å². The van der Waals surface area contributed by atoms with Crippen LogP contribution in [0.5, 0.6) is 0 Å². The molecule has 1 heterocycles. The second-order valence-corrected chi connectivity index (χ2v) is 4.98. The van der Waals surface area contributed by atoms with E-state index in [4.69, 9.17) is 10.2 Å². The molecule has 2 rings (SSSR count). The zero-order valence-electron chi connectivity index (χ0n) is 12.1. The summed E-state index contributed by atoms with van der Waals surface area (Å²) in [4.78, 5) is 27.8. The first-order valence-electron chi connectivity index (χ1n) is 7.10. The molecule has 0 radical (unpaired) electrons. The maximum absolute atomic E-state index is 10.8. The van der Waals surface area contributed by atoms with Gasteiger partial charge in [0.15, 0.2) is 0 Å². The summed E-state index contributed by atoms with van der Waals surface area (Å²) in [5.41, 5.74) is 1.63. The number of carbonyl (C=O) groups is 2. The Kier molecular flexibility index (Phi) is 5.30. The summed E-state index contributed by atoms with van der Waals surface area (Å²) < 4.78 is 0. The summed E-state index contributed by atoms with van der Waals surface area (Å²) in [7, 11) is 0. The van der Waals surface area contributed by atoms with E-state index < -0.39 is 11.9 Å². The maximum Gasteiger partial charge on any atom is 0.305 e. The first kappa shape index (κ1) is 15.8. The fourth-order valence-corrected chi connectivity index (χ4v) is 2.35. The van der Waals surface area contributed by atoms with Gasteiger partial charge in [-0.1, -0.05) is 18.2 Å². The summed E-state index contributed by atoms with van der Waals surface area (Å²) in [6.45, 7) is 0.805. The molecular formula is C16H18N2O4. The molecule has 6 heteroatoms. The molecule has 0 aliphatic rings. The van der Waals surface area contributed by atoms with Crippen molar-refractivity contribution < 1.29 is 19.8 Å². The number of carboxylic acids is 2. The van der Waals surface area contributed by atoms with Crippen LogP contribution < -0.4 is 4.90 Å². The van der Waals surface area contributed by atoms with Crippen molar-refractivity contribution in [2.75, 3.05) is 18.0 Å². The average Bonchev–Trinajstić information content (AvgIpc) is 2.50. The number of aliphatic carboxylic acids is 2. The quantitative estimate of drug-likeness (QED) is 0.778. The van der Waals surface area contributed by atoms with E-state index in [1.54, 1.807) is 6.20 Å². The van der Waals surface area contributed by atoms with Crippen LogP contribution in [0.2, 0.25) is 0 Å². The summed E-state index contributed by atoms with van der Waals surface area (Å²) in [5, 5.41) is 18.6. The van der Waals surface area contributed by atoms with Crippen molar-refractivity contribution in [1.82, 2.24) is 4.98 Å². The van der Waals surface area contributed by atoms with Gasteiger partial charge in [0.2, 0.25) is 0 Å². The Balaban J connectivity index is 2.24. The summed E-state index contributed by atoms with van der Waals surface area (Å²) in [5.74, 6) is -1.73. The predicted octanol–water partition coefficient (Wildman–Crippen LogP) is 2.38. The fourth-order valence-electron chi connectivity index (χ4n) is 2.35. The largest absolute Gasteiger partial charge is 0.481 e. The molecular weight excluding hydrogens is 284 g/mol. The average molecular weight is 302 g/mol. The highest BCUT2D eigenvalue weighted by Crippen LogP contribution is 2.25. The van der Waals surface area contributed by atoms with Crippen LogP contribution >= 0.6 is 0 Å². The molecule has 1 aromatic heterocycles. The lowest BCUT2D eigenvalue weighted by Gasteiger charge is -2.25. The van der Waals surface area contributed by atoms with Gasteiger partial charge in [-0.15, -0.1) is 0 Å². The molecule has 0 aliphatic carbocycles. The maximum atomic E-state index is 10.8. The van der Waals surface area contributed by atoms with Gasteiger partial charge in [0.25, 0.3) is 0 Å². The van der Waals surface area contributed by atoms with Gasteiger partial charge in [-0.3, -0.25) is 14.6 Å². The molecule has 22 heavy (non-hydrogen) atoms. The van der Waals surface area contributed by atoms with Crippen molar-refractivity contribution >= 4 is 28.5 Å². The van der Waals surface area contributed by atoms with Crippen LogP contribution in [0, 0.1) is 0 Å². The minimum atomic E-state index is -0.878. The zero-order valence-corrected chi connectivity index (χ0v) is 12.1. The van der Waals surface area contributed by atoms with Gasteiger partial charge >= 0.3 is 11.9 Å².